The highest BCUT2D eigenvalue weighted by Gasteiger charge is 2.28. The van der Waals surface area contributed by atoms with Gasteiger partial charge in [-0.2, -0.15) is 0 Å². The quantitative estimate of drug-likeness (QED) is 0.780. The molecule has 11 heteroatoms. The van der Waals surface area contributed by atoms with Gasteiger partial charge in [0.1, 0.15) is 11.5 Å². The minimum atomic E-state index is -3.83. The van der Waals surface area contributed by atoms with Gasteiger partial charge in [-0.05, 0) is 32.4 Å². The zero-order chi connectivity index (χ0) is 18.2. The molecule has 0 bridgehead atoms. The third-order valence-electron chi connectivity index (χ3n) is 3.84. The fraction of sp³-hybridized carbons (Fsp3) is 0.429. The first-order valence-electron chi connectivity index (χ1n) is 7.55. The van der Waals surface area contributed by atoms with Gasteiger partial charge in [0.05, 0.1) is 23.4 Å². The van der Waals surface area contributed by atoms with Crippen molar-refractivity contribution in [1.82, 2.24) is 10.1 Å². The summed E-state index contributed by atoms with van der Waals surface area (Å²) >= 11 is 0. The summed E-state index contributed by atoms with van der Waals surface area (Å²) in [6, 6.07) is 2.97. The Hall–Kier alpha value is -2.14. The topological polar surface area (TPSA) is 131 Å². The lowest BCUT2D eigenvalue weighted by molar-refractivity contribution is 0.390. The van der Waals surface area contributed by atoms with Crippen molar-refractivity contribution >= 4 is 31.4 Å². The van der Waals surface area contributed by atoms with Crippen LogP contribution in [-0.2, 0) is 19.9 Å². The van der Waals surface area contributed by atoms with Gasteiger partial charge in [0.15, 0.2) is 20.5 Å². The summed E-state index contributed by atoms with van der Waals surface area (Å²) in [5.41, 5.74) is 0.559. The van der Waals surface area contributed by atoms with E-state index in [1.807, 2.05) is 0 Å². The summed E-state index contributed by atoms with van der Waals surface area (Å²) in [5, 5.41) is 6.68. The van der Waals surface area contributed by atoms with Gasteiger partial charge in [-0.3, -0.25) is 4.72 Å². The Bertz CT molecular complexity index is 961. The van der Waals surface area contributed by atoms with Crippen LogP contribution in [0.15, 0.2) is 27.7 Å². The molecule has 0 spiro atoms. The van der Waals surface area contributed by atoms with Crippen molar-refractivity contribution in [1.29, 1.82) is 0 Å². The van der Waals surface area contributed by atoms with Crippen LogP contribution >= 0.6 is 0 Å². The second-order valence-corrected chi connectivity index (χ2v) is 9.78. The van der Waals surface area contributed by atoms with Crippen LogP contribution in [0.25, 0.3) is 0 Å². The van der Waals surface area contributed by atoms with E-state index in [-0.39, 0.29) is 39.6 Å². The van der Waals surface area contributed by atoms with Gasteiger partial charge in [-0.25, -0.2) is 21.8 Å². The first-order valence-corrected chi connectivity index (χ1v) is 10.9. The highest BCUT2D eigenvalue weighted by molar-refractivity contribution is 7.92. The molecule has 1 saturated heterocycles. The normalized spacial score (nSPS) is 19.7. The minimum absolute atomic E-state index is 0.00543. The SMILES string of the molecule is Cc1noc(C)c1S(=O)(=O)Nc1ccc(NC2CCS(=O)(=O)C2)nc1. The number of pyridine rings is 1. The lowest BCUT2D eigenvalue weighted by Crippen LogP contribution is -2.21. The van der Waals surface area contributed by atoms with Gasteiger partial charge in [0, 0.05) is 6.04 Å². The highest BCUT2D eigenvalue weighted by Crippen LogP contribution is 2.23. The molecule has 1 unspecified atom stereocenters. The number of aromatic nitrogens is 2. The third kappa shape index (κ3) is 3.93. The van der Waals surface area contributed by atoms with Crippen LogP contribution in [0.2, 0.25) is 0 Å². The Morgan fingerprint density at radius 1 is 1.28 bits per heavy atom. The molecule has 1 aliphatic rings. The Labute approximate surface area is 145 Å². The molecule has 136 valence electrons. The Balaban J connectivity index is 1.71. The van der Waals surface area contributed by atoms with Gasteiger partial charge in [0.2, 0.25) is 0 Å². The van der Waals surface area contributed by atoms with Gasteiger partial charge in [0.25, 0.3) is 10.0 Å². The Morgan fingerprint density at radius 2 is 2.04 bits per heavy atom. The molecule has 25 heavy (non-hydrogen) atoms. The van der Waals surface area contributed by atoms with Crippen LogP contribution in [0.1, 0.15) is 17.9 Å². The van der Waals surface area contributed by atoms with Crippen LogP contribution in [0, 0.1) is 13.8 Å². The van der Waals surface area contributed by atoms with Gasteiger partial charge >= 0.3 is 0 Å². The van der Waals surface area contributed by atoms with E-state index in [1.54, 1.807) is 19.1 Å². The van der Waals surface area contributed by atoms with E-state index < -0.39 is 19.9 Å². The largest absolute Gasteiger partial charge is 0.366 e. The first-order chi connectivity index (χ1) is 11.7. The van der Waals surface area contributed by atoms with Crippen molar-refractivity contribution in [3.63, 3.8) is 0 Å². The molecule has 0 amide bonds. The lowest BCUT2D eigenvalue weighted by atomic mass is 10.2. The van der Waals surface area contributed by atoms with E-state index in [1.165, 1.54) is 13.1 Å². The summed E-state index contributed by atoms with van der Waals surface area (Å²) in [6.45, 7) is 3.07. The van der Waals surface area contributed by atoms with E-state index in [0.717, 1.165) is 0 Å². The van der Waals surface area contributed by atoms with E-state index >= 15 is 0 Å². The molecule has 0 radical (unpaired) electrons. The Morgan fingerprint density at radius 3 is 2.56 bits per heavy atom. The van der Waals surface area contributed by atoms with Crippen LogP contribution in [0.5, 0.6) is 0 Å². The molecule has 2 aromatic rings. The summed E-state index contributed by atoms with van der Waals surface area (Å²) in [4.78, 5) is 4.13. The molecule has 9 nitrogen and oxygen atoms in total. The van der Waals surface area contributed by atoms with Crippen molar-refractivity contribution in [3.8, 4) is 0 Å². The molecule has 3 rings (SSSR count). The van der Waals surface area contributed by atoms with Gasteiger partial charge < -0.3 is 9.84 Å². The van der Waals surface area contributed by atoms with Gasteiger partial charge in [-0.15, -0.1) is 0 Å². The number of nitrogens with zero attached hydrogens (tertiary/aromatic N) is 2. The molecule has 0 aromatic carbocycles. The van der Waals surface area contributed by atoms with Crippen LogP contribution < -0.4 is 10.0 Å². The summed E-state index contributed by atoms with van der Waals surface area (Å²) < 4.78 is 55.1. The molecular formula is C14H18N4O5S2. The second kappa shape index (κ2) is 6.30. The molecule has 2 N–H and O–H groups in total. The van der Waals surface area contributed by atoms with Crippen molar-refractivity contribution in [2.24, 2.45) is 0 Å². The number of sulfone groups is 1. The minimum Gasteiger partial charge on any atom is -0.366 e. The average Bonchev–Trinajstić information content (AvgIpc) is 3.03. The zero-order valence-electron chi connectivity index (χ0n) is 13.7. The number of hydrogen-bond acceptors (Lipinski definition) is 8. The van der Waals surface area contributed by atoms with E-state index in [4.69, 9.17) is 4.52 Å². The van der Waals surface area contributed by atoms with Crippen LogP contribution in [-0.4, -0.2) is 44.5 Å². The van der Waals surface area contributed by atoms with Gasteiger partial charge in [-0.1, -0.05) is 5.16 Å². The Kier molecular flexibility index (Phi) is 4.45. The third-order valence-corrected chi connectivity index (χ3v) is 7.23. The monoisotopic (exact) mass is 386 g/mol. The maximum atomic E-state index is 12.4. The number of hydrogen-bond donors (Lipinski definition) is 2. The molecule has 1 fully saturated rings. The van der Waals surface area contributed by atoms with E-state index in [9.17, 15) is 16.8 Å². The number of nitrogens with one attached hydrogen (secondary N) is 2. The van der Waals surface area contributed by atoms with Crippen molar-refractivity contribution in [2.45, 2.75) is 31.2 Å². The zero-order valence-corrected chi connectivity index (χ0v) is 15.3. The summed E-state index contributed by atoms with van der Waals surface area (Å²) in [7, 11) is -6.81. The number of aryl methyl sites for hydroxylation is 2. The second-order valence-electron chi connectivity index (χ2n) is 5.94. The molecule has 0 aliphatic carbocycles. The number of sulfonamides is 1. The average molecular weight is 386 g/mol. The summed E-state index contributed by atoms with van der Waals surface area (Å²) in [5.74, 6) is 0.941. The molecule has 1 aliphatic heterocycles. The van der Waals surface area contributed by atoms with Crippen molar-refractivity contribution in [2.75, 3.05) is 21.5 Å². The first kappa shape index (κ1) is 17.7. The van der Waals surface area contributed by atoms with E-state index in [0.29, 0.717) is 12.2 Å². The molecule has 3 heterocycles. The lowest BCUT2D eigenvalue weighted by Gasteiger charge is -2.12. The maximum Gasteiger partial charge on any atom is 0.267 e. The highest BCUT2D eigenvalue weighted by atomic mass is 32.2. The summed E-state index contributed by atoms with van der Waals surface area (Å²) in [6.07, 6.45) is 1.89. The van der Waals surface area contributed by atoms with E-state index in [2.05, 4.69) is 20.2 Å². The predicted molar refractivity (Wildman–Crippen MR) is 91.7 cm³/mol. The fourth-order valence-electron chi connectivity index (χ4n) is 2.72. The smallest absolute Gasteiger partial charge is 0.267 e. The van der Waals surface area contributed by atoms with Crippen LogP contribution in [0.3, 0.4) is 0 Å². The van der Waals surface area contributed by atoms with Crippen LogP contribution in [0.4, 0.5) is 11.5 Å². The molecule has 1 atom stereocenters. The number of anilines is 2. The fourth-order valence-corrected chi connectivity index (χ4v) is 5.77. The number of rotatable bonds is 5. The standard InChI is InChI=1S/C14H18N4O5S2/c1-9-14(10(2)23-17-9)25(21,22)18-11-3-4-13(15-7-11)16-12-5-6-24(19,20)8-12/h3-4,7,12,18H,5-6,8H2,1-2H3,(H,15,16). The molecular weight excluding hydrogens is 368 g/mol. The molecule has 0 saturated carbocycles. The predicted octanol–water partition coefficient (Wildman–Crippen LogP) is 1.09. The van der Waals surface area contributed by atoms with Crippen molar-refractivity contribution < 1.29 is 21.4 Å². The molecule has 2 aromatic heterocycles. The maximum absolute atomic E-state index is 12.4. The van der Waals surface area contributed by atoms with Crippen molar-refractivity contribution in [3.05, 3.63) is 29.8 Å².